The van der Waals surface area contributed by atoms with E-state index in [0.29, 0.717) is 33.6 Å². The number of hydrogen-bond donors (Lipinski definition) is 5. The van der Waals surface area contributed by atoms with Gasteiger partial charge in [-0.15, -0.1) is 0 Å². The zero-order chi connectivity index (χ0) is 25.4. The lowest BCUT2D eigenvalue weighted by Crippen LogP contribution is -2.33. The molecule has 3 heterocycles. The first-order chi connectivity index (χ1) is 17.4. The molecule has 12 heteroatoms. The van der Waals surface area contributed by atoms with Crippen LogP contribution in [-0.4, -0.2) is 66.3 Å². The number of aliphatic hydroxyl groups excluding tert-OH is 3. The van der Waals surface area contributed by atoms with Crippen LogP contribution >= 0.6 is 23.2 Å². The molecule has 1 aliphatic heterocycles. The van der Waals surface area contributed by atoms with Crippen LogP contribution in [0, 0.1) is 0 Å². The number of imidazole rings is 1. The Bertz CT molecular complexity index is 1310. The predicted octanol–water partition coefficient (Wildman–Crippen LogP) is 2.57. The Morgan fingerprint density at radius 2 is 1.58 bits per heavy atom. The van der Waals surface area contributed by atoms with Crippen LogP contribution in [0.15, 0.2) is 54.9 Å². The number of aromatic nitrogens is 4. The van der Waals surface area contributed by atoms with Crippen LogP contribution in [0.25, 0.3) is 11.2 Å². The molecular weight excluding hydrogens is 507 g/mol. The third kappa shape index (κ3) is 4.71. The van der Waals surface area contributed by atoms with Gasteiger partial charge in [-0.3, -0.25) is 4.57 Å². The quantitative estimate of drug-likeness (QED) is 0.242. The van der Waals surface area contributed by atoms with Crippen molar-refractivity contribution in [2.75, 3.05) is 24.2 Å². The summed E-state index contributed by atoms with van der Waals surface area (Å²) in [6.07, 6.45) is -3.04. The first kappa shape index (κ1) is 24.7. The lowest BCUT2D eigenvalue weighted by molar-refractivity contribution is -0.0511. The second kappa shape index (κ2) is 10.2. The van der Waals surface area contributed by atoms with Gasteiger partial charge in [-0.25, -0.2) is 4.98 Å². The van der Waals surface area contributed by atoms with Crippen molar-refractivity contribution in [2.24, 2.45) is 0 Å². The number of nitrogens with zero attached hydrogens (tertiary/aromatic N) is 4. The summed E-state index contributed by atoms with van der Waals surface area (Å²) >= 11 is 12.2. The third-order valence-electron chi connectivity index (χ3n) is 6.25. The molecule has 1 aliphatic rings. The topological polar surface area (TPSA) is 152 Å². The standard InChI is InChI=1S/C24H24Cl2N6O4/c25-14-5-1-12(2-6-14)16(13-3-7-15(26)8-4-13)9-28-21-18-22(31-24(27)30-21)32(11-29-18)23-20(35)19(34)17(10-33)36-23/h1-8,11,16-17,19-20,23,33-35H,9-10H2,(H3,27,28,30,31)/t17-,19-,20-,23-/m1/s1. The third-order valence-corrected chi connectivity index (χ3v) is 6.75. The van der Waals surface area contributed by atoms with Gasteiger partial charge in [0, 0.05) is 22.5 Å². The summed E-state index contributed by atoms with van der Waals surface area (Å²) in [5.41, 5.74) is 8.79. The van der Waals surface area contributed by atoms with Gasteiger partial charge in [-0.1, -0.05) is 47.5 Å². The van der Waals surface area contributed by atoms with Crippen molar-refractivity contribution in [3.63, 3.8) is 0 Å². The lowest BCUT2D eigenvalue weighted by atomic mass is 9.91. The lowest BCUT2D eigenvalue weighted by Gasteiger charge is -2.20. The fourth-order valence-electron chi connectivity index (χ4n) is 4.37. The van der Waals surface area contributed by atoms with Gasteiger partial charge >= 0.3 is 0 Å². The highest BCUT2D eigenvalue weighted by atomic mass is 35.5. The fourth-order valence-corrected chi connectivity index (χ4v) is 4.62. The van der Waals surface area contributed by atoms with Gasteiger partial charge < -0.3 is 31.1 Å². The smallest absolute Gasteiger partial charge is 0.224 e. The number of nitrogen functional groups attached to an aromatic ring is 1. The van der Waals surface area contributed by atoms with E-state index in [0.717, 1.165) is 11.1 Å². The molecule has 0 aliphatic carbocycles. The van der Waals surface area contributed by atoms with E-state index in [-0.39, 0.29) is 11.9 Å². The van der Waals surface area contributed by atoms with Gasteiger partial charge in [0.05, 0.1) is 12.9 Å². The van der Waals surface area contributed by atoms with Crippen molar-refractivity contribution in [3.05, 3.63) is 76.0 Å². The molecule has 0 bridgehead atoms. The van der Waals surface area contributed by atoms with Crippen LogP contribution in [0.2, 0.25) is 10.0 Å². The Labute approximate surface area is 216 Å². The van der Waals surface area contributed by atoms with Crippen LogP contribution < -0.4 is 11.1 Å². The molecule has 0 amide bonds. The molecule has 1 fully saturated rings. The van der Waals surface area contributed by atoms with Crippen molar-refractivity contribution in [2.45, 2.75) is 30.5 Å². The molecular formula is C24H24Cl2N6O4. The maximum atomic E-state index is 10.5. The molecule has 188 valence electrons. The molecule has 0 spiro atoms. The molecule has 0 radical (unpaired) electrons. The second-order valence-electron chi connectivity index (χ2n) is 8.52. The zero-order valence-electron chi connectivity index (χ0n) is 18.9. The molecule has 0 unspecified atom stereocenters. The summed E-state index contributed by atoms with van der Waals surface area (Å²) in [7, 11) is 0. The average molecular weight is 531 g/mol. The van der Waals surface area contributed by atoms with E-state index in [1.165, 1.54) is 10.9 Å². The molecule has 1 saturated heterocycles. The van der Waals surface area contributed by atoms with E-state index in [1.54, 1.807) is 0 Å². The van der Waals surface area contributed by atoms with Crippen molar-refractivity contribution in [3.8, 4) is 0 Å². The minimum atomic E-state index is -1.29. The second-order valence-corrected chi connectivity index (χ2v) is 9.39. The van der Waals surface area contributed by atoms with E-state index in [1.807, 2.05) is 48.5 Å². The van der Waals surface area contributed by atoms with E-state index >= 15 is 0 Å². The molecule has 36 heavy (non-hydrogen) atoms. The van der Waals surface area contributed by atoms with E-state index in [2.05, 4.69) is 20.3 Å². The number of halogens is 2. The summed E-state index contributed by atoms with van der Waals surface area (Å²) in [5.74, 6) is 0.317. The SMILES string of the molecule is Nc1nc(NCC(c2ccc(Cl)cc2)c2ccc(Cl)cc2)c2ncn([C@@H]3O[C@H](CO)[C@@H](O)[C@H]3O)c2n1. The Balaban J connectivity index is 1.47. The number of ether oxygens (including phenoxy) is 1. The first-order valence-corrected chi connectivity index (χ1v) is 12.0. The highest BCUT2D eigenvalue weighted by Gasteiger charge is 2.44. The number of rotatable bonds is 7. The molecule has 2 aromatic heterocycles. The summed E-state index contributed by atoms with van der Waals surface area (Å²) in [5, 5.41) is 34.6. The van der Waals surface area contributed by atoms with Gasteiger partial charge in [0.1, 0.15) is 18.3 Å². The van der Waals surface area contributed by atoms with E-state index in [4.69, 9.17) is 33.7 Å². The summed E-state index contributed by atoms with van der Waals surface area (Å²) in [6, 6.07) is 15.2. The predicted molar refractivity (Wildman–Crippen MR) is 136 cm³/mol. The van der Waals surface area contributed by atoms with Gasteiger partial charge in [0.25, 0.3) is 0 Å². The fraction of sp³-hybridized carbons (Fsp3) is 0.292. The minimum Gasteiger partial charge on any atom is -0.394 e. The molecule has 2 aromatic carbocycles. The number of anilines is 2. The molecule has 4 aromatic rings. The summed E-state index contributed by atoms with van der Waals surface area (Å²) in [4.78, 5) is 13.0. The van der Waals surface area contributed by atoms with Gasteiger partial charge in [-0.05, 0) is 35.4 Å². The first-order valence-electron chi connectivity index (χ1n) is 11.2. The van der Waals surface area contributed by atoms with Crippen molar-refractivity contribution in [1.82, 2.24) is 19.5 Å². The van der Waals surface area contributed by atoms with Gasteiger partial charge in [0.2, 0.25) is 5.95 Å². The summed E-state index contributed by atoms with van der Waals surface area (Å²) < 4.78 is 7.10. The van der Waals surface area contributed by atoms with E-state index < -0.39 is 31.1 Å². The maximum Gasteiger partial charge on any atom is 0.224 e. The largest absolute Gasteiger partial charge is 0.394 e. The molecule has 10 nitrogen and oxygen atoms in total. The number of hydrogen-bond acceptors (Lipinski definition) is 9. The minimum absolute atomic E-state index is 0.00645. The van der Waals surface area contributed by atoms with Crippen molar-refractivity contribution in [1.29, 1.82) is 0 Å². The van der Waals surface area contributed by atoms with Gasteiger partial charge in [-0.2, -0.15) is 9.97 Å². The summed E-state index contributed by atoms with van der Waals surface area (Å²) in [6.45, 7) is -0.00238. The Morgan fingerprint density at radius 3 is 2.14 bits per heavy atom. The molecule has 4 atom stereocenters. The maximum absolute atomic E-state index is 10.5. The van der Waals surface area contributed by atoms with Gasteiger partial charge in [0.15, 0.2) is 23.2 Å². The molecule has 5 rings (SSSR count). The molecule has 6 N–H and O–H groups in total. The highest BCUT2D eigenvalue weighted by molar-refractivity contribution is 6.30. The zero-order valence-corrected chi connectivity index (χ0v) is 20.4. The van der Waals surface area contributed by atoms with Crippen LogP contribution in [0.5, 0.6) is 0 Å². The Kier molecular flexibility index (Phi) is 6.98. The average Bonchev–Trinajstić information content (AvgIpc) is 3.41. The van der Waals surface area contributed by atoms with Crippen LogP contribution in [0.4, 0.5) is 11.8 Å². The highest BCUT2D eigenvalue weighted by Crippen LogP contribution is 2.33. The number of nitrogens with two attached hydrogens (primary N) is 1. The monoisotopic (exact) mass is 530 g/mol. The van der Waals surface area contributed by atoms with E-state index in [9.17, 15) is 15.3 Å². The van der Waals surface area contributed by atoms with Crippen molar-refractivity contribution >= 4 is 46.1 Å². The normalized spacial score (nSPS) is 21.9. The number of nitrogens with one attached hydrogen (secondary N) is 1. The van der Waals surface area contributed by atoms with Crippen LogP contribution in [-0.2, 0) is 4.74 Å². The van der Waals surface area contributed by atoms with Crippen LogP contribution in [0.3, 0.4) is 0 Å². The number of benzene rings is 2. The van der Waals surface area contributed by atoms with Crippen LogP contribution in [0.1, 0.15) is 23.3 Å². The molecule has 0 saturated carbocycles. The number of fused-ring (bicyclic) bond motifs is 1. The Hall–Kier alpha value is -2.99. The Morgan fingerprint density at radius 1 is 0.972 bits per heavy atom. The number of aliphatic hydroxyl groups is 3. The van der Waals surface area contributed by atoms with Crippen molar-refractivity contribution < 1.29 is 20.1 Å².